The molecule has 1 N–H and O–H groups in total. The number of aromatic amines is 1. The van der Waals surface area contributed by atoms with Crippen LogP contribution in [-0.4, -0.2) is 32.1 Å². The summed E-state index contributed by atoms with van der Waals surface area (Å²) in [6.45, 7) is 0.999. The van der Waals surface area contributed by atoms with Gasteiger partial charge < -0.3 is 4.90 Å². The highest BCUT2D eigenvalue weighted by atomic mass is 16.2. The lowest BCUT2D eigenvalue weighted by molar-refractivity contribution is 0.0732. The van der Waals surface area contributed by atoms with E-state index in [1.807, 2.05) is 24.3 Å². The van der Waals surface area contributed by atoms with E-state index in [9.17, 15) is 9.59 Å². The van der Waals surface area contributed by atoms with E-state index in [0.717, 1.165) is 22.2 Å². The molecule has 116 valence electrons. The number of rotatable bonds is 1. The molecule has 0 spiro atoms. The van der Waals surface area contributed by atoms with Crippen LogP contribution in [0.4, 0.5) is 0 Å². The van der Waals surface area contributed by atoms with Gasteiger partial charge >= 0.3 is 0 Å². The van der Waals surface area contributed by atoms with Crippen molar-refractivity contribution >= 4 is 16.8 Å². The zero-order valence-corrected chi connectivity index (χ0v) is 12.7. The molecule has 0 radical (unpaired) electrons. The molecule has 3 heterocycles. The lowest BCUT2D eigenvalue weighted by atomic mass is 10.1. The van der Waals surface area contributed by atoms with E-state index in [1.165, 1.54) is 4.68 Å². The summed E-state index contributed by atoms with van der Waals surface area (Å²) in [4.78, 5) is 30.7. The first-order valence-corrected chi connectivity index (χ1v) is 7.54. The van der Waals surface area contributed by atoms with E-state index < -0.39 is 0 Å². The fourth-order valence-corrected chi connectivity index (χ4v) is 3.12. The van der Waals surface area contributed by atoms with E-state index in [2.05, 4.69) is 10.1 Å². The van der Waals surface area contributed by atoms with Gasteiger partial charge in [0.15, 0.2) is 0 Å². The lowest BCUT2D eigenvalue weighted by Crippen LogP contribution is -2.37. The zero-order chi connectivity index (χ0) is 16.0. The number of aryl methyl sites for hydroxylation is 1. The SMILES string of the molecule is Cn1[nH]c2c(c1=O)CCN(C(=O)c1ccc3ncccc3c1)C2. The molecule has 4 rings (SSSR count). The van der Waals surface area contributed by atoms with Crippen LogP contribution in [0.2, 0.25) is 0 Å². The van der Waals surface area contributed by atoms with Crippen LogP contribution in [0.3, 0.4) is 0 Å². The molecule has 3 aromatic rings. The van der Waals surface area contributed by atoms with Gasteiger partial charge in [-0.2, -0.15) is 0 Å². The molecule has 0 aliphatic carbocycles. The molecule has 1 aliphatic rings. The number of nitrogens with one attached hydrogen (secondary N) is 1. The van der Waals surface area contributed by atoms with Crippen LogP contribution in [0.25, 0.3) is 10.9 Å². The fraction of sp³-hybridized carbons (Fsp3) is 0.235. The highest BCUT2D eigenvalue weighted by molar-refractivity contribution is 5.98. The molecular formula is C17H16N4O2. The smallest absolute Gasteiger partial charge is 0.269 e. The molecule has 6 nitrogen and oxygen atoms in total. The highest BCUT2D eigenvalue weighted by Gasteiger charge is 2.25. The molecule has 0 bridgehead atoms. The van der Waals surface area contributed by atoms with Crippen LogP contribution in [-0.2, 0) is 20.0 Å². The molecule has 1 aliphatic heterocycles. The van der Waals surface area contributed by atoms with E-state index in [4.69, 9.17) is 0 Å². The molecule has 6 heteroatoms. The third kappa shape index (κ3) is 2.23. The Bertz CT molecular complexity index is 970. The lowest BCUT2D eigenvalue weighted by Gasteiger charge is -2.26. The fourth-order valence-electron chi connectivity index (χ4n) is 3.12. The Balaban J connectivity index is 1.65. The van der Waals surface area contributed by atoms with Gasteiger partial charge in [0.25, 0.3) is 11.5 Å². The minimum atomic E-state index is -0.0221. The van der Waals surface area contributed by atoms with E-state index in [1.54, 1.807) is 24.2 Å². The summed E-state index contributed by atoms with van der Waals surface area (Å²) < 4.78 is 1.47. The van der Waals surface area contributed by atoms with Gasteiger partial charge in [0.1, 0.15) is 0 Å². The van der Waals surface area contributed by atoms with Crippen LogP contribution in [0.5, 0.6) is 0 Å². The summed E-state index contributed by atoms with van der Waals surface area (Å²) >= 11 is 0. The molecule has 0 atom stereocenters. The van der Waals surface area contributed by atoms with Crippen molar-refractivity contribution in [1.29, 1.82) is 0 Å². The van der Waals surface area contributed by atoms with Gasteiger partial charge in [-0.3, -0.25) is 24.4 Å². The third-order valence-electron chi connectivity index (χ3n) is 4.35. The Labute approximate surface area is 132 Å². The average Bonchev–Trinajstić information content (AvgIpc) is 2.87. The summed E-state index contributed by atoms with van der Waals surface area (Å²) in [5, 5.41) is 3.98. The Kier molecular flexibility index (Phi) is 3.04. The molecule has 23 heavy (non-hydrogen) atoms. The van der Waals surface area contributed by atoms with Crippen molar-refractivity contribution in [2.24, 2.45) is 7.05 Å². The van der Waals surface area contributed by atoms with Gasteiger partial charge in [0, 0.05) is 36.3 Å². The molecule has 1 aromatic carbocycles. The van der Waals surface area contributed by atoms with Crippen LogP contribution in [0.1, 0.15) is 21.6 Å². The predicted molar refractivity (Wildman–Crippen MR) is 86.2 cm³/mol. The Morgan fingerprint density at radius 1 is 1.30 bits per heavy atom. The van der Waals surface area contributed by atoms with Crippen molar-refractivity contribution in [2.45, 2.75) is 13.0 Å². The van der Waals surface area contributed by atoms with Crippen LogP contribution in [0, 0.1) is 0 Å². The van der Waals surface area contributed by atoms with Gasteiger partial charge in [-0.1, -0.05) is 6.07 Å². The number of fused-ring (bicyclic) bond motifs is 2. The minimum Gasteiger partial charge on any atom is -0.332 e. The van der Waals surface area contributed by atoms with Crippen LogP contribution in [0.15, 0.2) is 41.3 Å². The largest absolute Gasteiger partial charge is 0.332 e. The summed E-state index contributed by atoms with van der Waals surface area (Å²) in [6.07, 6.45) is 2.33. The van der Waals surface area contributed by atoms with Crippen LogP contribution >= 0.6 is 0 Å². The van der Waals surface area contributed by atoms with Gasteiger partial charge in [0.2, 0.25) is 0 Å². The normalized spacial score (nSPS) is 14.0. The topological polar surface area (TPSA) is 71.0 Å². The summed E-state index contributed by atoms with van der Waals surface area (Å²) in [5.74, 6) is -0.0221. The number of amides is 1. The van der Waals surface area contributed by atoms with Gasteiger partial charge in [-0.05, 0) is 30.7 Å². The molecule has 0 fully saturated rings. The minimum absolute atomic E-state index is 0.00359. The van der Waals surface area contributed by atoms with Gasteiger partial charge in [-0.15, -0.1) is 0 Å². The van der Waals surface area contributed by atoms with Gasteiger partial charge in [0.05, 0.1) is 17.8 Å². The van der Waals surface area contributed by atoms with Crippen molar-refractivity contribution in [3.63, 3.8) is 0 Å². The number of benzene rings is 1. The molecule has 2 aromatic heterocycles. The first-order chi connectivity index (χ1) is 11.1. The number of pyridine rings is 1. The quantitative estimate of drug-likeness (QED) is 0.740. The molecular weight excluding hydrogens is 292 g/mol. The molecule has 0 unspecified atom stereocenters. The second-order valence-corrected chi connectivity index (χ2v) is 5.82. The number of hydrogen-bond donors (Lipinski definition) is 1. The first-order valence-electron chi connectivity index (χ1n) is 7.54. The molecule has 0 saturated heterocycles. The van der Waals surface area contributed by atoms with E-state index in [-0.39, 0.29) is 11.5 Å². The van der Waals surface area contributed by atoms with Crippen LogP contribution < -0.4 is 5.56 Å². The second kappa shape index (κ2) is 5.08. The highest BCUT2D eigenvalue weighted by Crippen LogP contribution is 2.19. The Morgan fingerprint density at radius 3 is 3.04 bits per heavy atom. The van der Waals surface area contributed by atoms with Gasteiger partial charge in [-0.25, -0.2) is 0 Å². The number of hydrogen-bond acceptors (Lipinski definition) is 3. The number of nitrogens with zero attached hydrogens (tertiary/aromatic N) is 3. The zero-order valence-electron chi connectivity index (χ0n) is 12.7. The summed E-state index contributed by atoms with van der Waals surface area (Å²) in [7, 11) is 1.70. The maximum Gasteiger partial charge on any atom is 0.269 e. The van der Waals surface area contributed by atoms with Crippen molar-refractivity contribution in [2.75, 3.05) is 6.54 Å². The molecule has 1 amide bonds. The molecule has 0 saturated carbocycles. The standard InChI is InChI=1S/C17H16N4O2/c1-20-17(23)13-6-8-21(10-15(13)19-20)16(22)12-4-5-14-11(9-12)3-2-7-18-14/h2-5,7,9,19H,6,8,10H2,1H3. The monoisotopic (exact) mass is 308 g/mol. The Morgan fingerprint density at radius 2 is 2.17 bits per heavy atom. The number of carbonyl (C=O) groups excluding carboxylic acids is 1. The van der Waals surface area contributed by atoms with Crippen molar-refractivity contribution in [3.05, 3.63) is 63.7 Å². The van der Waals surface area contributed by atoms with Crippen molar-refractivity contribution in [1.82, 2.24) is 19.7 Å². The number of aromatic nitrogens is 3. The first kappa shape index (κ1) is 13.8. The maximum absolute atomic E-state index is 12.8. The summed E-state index contributed by atoms with van der Waals surface area (Å²) in [5.41, 5.74) is 3.15. The maximum atomic E-state index is 12.8. The van der Waals surface area contributed by atoms with Crippen molar-refractivity contribution in [3.8, 4) is 0 Å². The van der Waals surface area contributed by atoms with E-state index >= 15 is 0 Å². The van der Waals surface area contributed by atoms with Crippen molar-refractivity contribution < 1.29 is 4.79 Å². The predicted octanol–water partition coefficient (Wildman–Crippen LogP) is 1.46. The van der Waals surface area contributed by atoms with E-state index in [0.29, 0.717) is 25.1 Å². The second-order valence-electron chi connectivity index (χ2n) is 5.82. The number of H-pyrrole nitrogens is 1. The Hall–Kier alpha value is -2.89. The third-order valence-corrected chi connectivity index (χ3v) is 4.35. The summed E-state index contributed by atoms with van der Waals surface area (Å²) in [6, 6.07) is 9.34. The number of carbonyl (C=O) groups is 1. The average molecular weight is 308 g/mol.